The minimum atomic E-state index is 0.741. The van der Waals surface area contributed by atoms with Gasteiger partial charge in [-0.3, -0.25) is 9.80 Å². The Hall–Kier alpha value is -0.120. The second-order valence-corrected chi connectivity index (χ2v) is 7.53. The van der Waals surface area contributed by atoms with Gasteiger partial charge in [-0.15, -0.1) is 0 Å². The number of hydrogen-bond donors (Lipinski definition) is 1. The Labute approximate surface area is 125 Å². The summed E-state index contributed by atoms with van der Waals surface area (Å²) in [6.07, 6.45) is 8.50. The van der Waals surface area contributed by atoms with E-state index >= 15 is 0 Å². The fourth-order valence-electron chi connectivity index (χ4n) is 4.01. The van der Waals surface area contributed by atoms with E-state index in [2.05, 4.69) is 29.0 Å². The number of hydrogen-bond acceptors (Lipinski definition) is 3. The van der Waals surface area contributed by atoms with E-state index < -0.39 is 0 Å². The molecule has 1 saturated carbocycles. The lowest BCUT2D eigenvalue weighted by Gasteiger charge is -2.35. The van der Waals surface area contributed by atoms with E-state index in [1.54, 1.807) is 0 Å². The summed E-state index contributed by atoms with van der Waals surface area (Å²) in [4.78, 5) is 5.55. The van der Waals surface area contributed by atoms with Crippen LogP contribution in [0.3, 0.4) is 0 Å². The Balaban J connectivity index is 1.50. The molecule has 0 spiro atoms. The van der Waals surface area contributed by atoms with E-state index in [4.69, 9.17) is 0 Å². The molecule has 0 aromatic heterocycles. The zero-order valence-corrected chi connectivity index (χ0v) is 13.5. The monoisotopic (exact) mass is 279 g/mol. The van der Waals surface area contributed by atoms with Crippen LogP contribution in [0.4, 0.5) is 0 Å². The highest BCUT2D eigenvalue weighted by molar-refractivity contribution is 4.91. The topological polar surface area (TPSA) is 18.5 Å². The van der Waals surface area contributed by atoms with Crippen molar-refractivity contribution in [2.75, 3.05) is 32.7 Å². The van der Waals surface area contributed by atoms with Crippen LogP contribution in [0.25, 0.3) is 0 Å². The van der Waals surface area contributed by atoms with Crippen LogP contribution >= 0.6 is 0 Å². The Morgan fingerprint density at radius 1 is 1.00 bits per heavy atom. The van der Waals surface area contributed by atoms with E-state index in [1.165, 1.54) is 71.2 Å². The summed E-state index contributed by atoms with van der Waals surface area (Å²) < 4.78 is 0. The van der Waals surface area contributed by atoms with Gasteiger partial charge < -0.3 is 5.32 Å². The first-order valence-electron chi connectivity index (χ1n) is 8.95. The summed E-state index contributed by atoms with van der Waals surface area (Å²) in [7, 11) is 0. The summed E-state index contributed by atoms with van der Waals surface area (Å²) in [6, 6.07) is 2.43. The molecular formula is C17H33N3. The number of nitrogens with zero attached hydrogens (tertiary/aromatic N) is 2. The second-order valence-electron chi connectivity index (χ2n) is 7.53. The van der Waals surface area contributed by atoms with E-state index in [0.29, 0.717) is 0 Å². The molecule has 20 heavy (non-hydrogen) atoms. The molecule has 3 nitrogen and oxygen atoms in total. The minimum absolute atomic E-state index is 0.741. The van der Waals surface area contributed by atoms with Gasteiger partial charge in [-0.05, 0) is 51.1 Å². The number of piperidine rings is 1. The third-order valence-electron chi connectivity index (χ3n) is 5.53. The van der Waals surface area contributed by atoms with Crippen molar-refractivity contribution >= 4 is 0 Å². The molecule has 2 atom stereocenters. The van der Waals surface area contributed by atoms with Gasteiger partial charge in [0.15, 0.2) is 0 Å². The number of rotatable bonds is 6. The normalized spacial score (nSPS) is 31.1. The molecule has 0 radical (unpaired) electrons. The molecule has 2 unspecified atom stereocenters. The van der Waals surface area contributed by atoms with E-state index in [0.717, 1.165) is 24.0 Å². The molecule has 3 heteroatoms. The largest absolute Gasteiger partial charge is 0.312 e. The average Bonchev–Trinajstić information content (AvgIpc) is 3.15. The van der Waals surface area contributed by atoms with Crippen molar-refractivity contribution < 1.29 is 0 Å². The average molecular weight is 279 g/mol. The molecule has 0 aromatic rings. The van der Waals surface area contributed by atoms with Gasteiger partial charge >= 0.3 is 0 Å². The quantitative estimate of drug-likeness (QED) is 0.805. The van der Waals surface area contributed by atoms with Crippen LogP contribution in [0, 0.1) is 5.92 Å². The molecule has 1 aliphatic carbocycles. The molecule has 3 aliphatic rings. The molecule has 2 aliphatic heterocycles. The Morgan fingerprint density at radius 2 is 1.75 bits per heavy atom. The highest BCUT2D eigenvalue weighted by Gasteiger charge is 2.34. The molecule has 3 fully saturated rings. The summed E-state index contributed by atoms with van der Waals surface area (Å²) in [5.74, 6) is 0.765. The van der Waals surface area contributed by atoms with Crippen LogP contribution in [-0.4, -0.2) is 60.6 Å². The molecule has 3 rings (SSSR count). The molecular weight excluding hydrogens is 246 g/mol. The maximum absolute atomic E-state index is 3.75. The zero-order chi connectivity index (χ0) is 13.9. The third kappa shape index (κ3) is 3.75. The van der Waals surface area contributed by atoms with Crippen LogP contribution in [0.15, 0.2) is 0 Å². The van der Waals surface area contributed by atoms with E-state index in [1.807, 2.05) is 0 Å². The maximum Gasteiger partial charge on any atom is 0.0244 e. The molecule has 116 valence electrons. The van der Waals surface area contributed by atoms with Crippen molar-refractivity contribution in [2.24, 2.45) is 5.92 Å². The first kappa shape index (κ1) is 14.8. The number of nitrogens with one attached hydrogen (secondary N) is 1. The SMILES string of the molecule is CC(C)C(CNC1CC1)N1CCC(N2CCCCC2)C1. The summed E-state index contributed by atoms with van der Waals surface area (Å²) >= 11 is 0. The molecule has 0 aromatic carbocycles. The molecule has 0 amide bonds. The van der Waals surface area contributed by atoms with Gasteiger partial charge in [-0.25, -0.2) is 0 Å². The summed E-state index contributed by atoms with van der Waals surface area (Å²) in [6.45, 7) is 11.3. The Morgan fingerprint density at radius 3 is 2.40 bits per heavy atom. The molecule has 1 N–H and O–H groups in total. The predicted molar refractivity (Wildman–Crippen MR) is 85.1 cm³/mol. The second kappa shape index (κ2) is 6.76. The summed E-state index contributed by atoms with van der Waals surface area (Å²) in [5, 5.41) is 3.75. The number of likely N-dealkylation sites (tertiary alicyclic amines) is 2. The highest BCUT2D eigenvalue weighted by atomic mass is 15.3. The van der Waals surface area contributed by atoms with Crippen LogP contribution in [0.2, 0.25) is 0 Å². The lowest BCUT2D eigenvalue weighted by Crippen LogP contribution is -2.47. The van der Waals surface area contributed by atoms with Crippen LogP contribution in [-0.2, 0) is 0 Å². The van der Waals surface area contributed by atoms with Gasteiger partial charge in [-0.1, -0.05) is 20.3 Å². The van der Waals surface area contributed by atoms with Gasteiger partial charge in [0.05, 0.1) is 0 Å². The van der Waals surface area contributed by atoms with Gasteiger partial charge in [-0.2, -0.15) is 0 Å². The standard InChI is InChI=1S/C17H33N3/c1-14(2)17(12-18-15-6-7-15)20-11-8-16(13-20)19-9-4-3-5-10-19/h14-18H,3-13H2,1-2H3. The van der Waals surface area contributed by atoms with Crippen molar-refractivity contribution in [2.45, 2.75) is 70.5 Å². The minimum Gasteiger partial charge on any atom is -0.312 e. The lowest BCUT2D eigenvalue weighted by molar-refractivity contribution is 0.138. The zero-order valence-electron chi connectivity index (χ0n) is 13.5. The predicted octanol–water partition coefficient (Wildman–Crippen LogP) is 2.32. The fraction of sp³-hybridized carbons (Fsp3) is 1.00. The van der Waals surface area contributed by atoms with Gasteiger partial charge in [0.1, 0.15) is 0 Å². The van der Waals surface area contributed by atoms with Gasteiger partial charge in [0.25, 0.3) is 0 Å². The van der Waals surface area contributed by atoms with Gasteiger partial charge in [0.2, 0.25) is 0 Å². The first-order valence-corrected chi connectivity index (χ1v) is 8.95. The van der Waals surface area contributed by atoms with Crippen LogP contribution in [0.5, 0.6) is 0 Å². The van der Waals surface area contributed by atoms with E-state index in [-0.39, 0.29) is 0 Å². The van der Waals surface area contributed by atoms with Crippen LogP contribution in [0.1, 0.15) is 52.4 Å². The smallest absolute Gasteiger partial charge is 0.0244 e. The Kier molecular flexibility index (Phi) is 5.00. The molecule has 2 heterocycles. The first-order chi connectivity index (χ1) is 9.74. The van der Waals surface area contributed by atoms with Crippen molar-refractivity contribution in [3.8, 4) is 0 Å². The van der Waals surface area contributed by atoms with Crippen molar-refractivity contribution in [1.82, 2.24) is 15.1 Å². The maximum atomic E-state index is 3.75. The van der Waals surface area contributed by atoms with Gasteiger partial charge in [0, 0.05) is 37.8 Å². The molecule has 2 saturated heterocycles. The summed E-state index contributed by atoms with van der Waals surface area (Å²) in [5.41, 5.74) is 0. The lowest BCUT2D eigenvalue weighted by atomic mass is 10.0. The van der Waals surface area contributed by atoms with Crippen LogP contribution < -0.4 is 5.32 Å². The third-order valence-corrected chi connectivity index (χ3v) is 5.53. The van der Waals surface area contributed by atoms with Crippen molar-refractivity contribution in [1.29, 1.82) is 0 Å². The van der Waals surface area contributed by atoms with Crippen molar-refractivity contribution in [3.63, 3.8) is 0 Å². The fourth-order valence-corrected chi connectivity index (χ4v) is 4.01. The Bertz CT molecular complexity index is 295. The highest BCUT2D eigenvalue weighted by Crippen LogP contribution is 2.25. The van der Waals surface area contributed by atoms with Crippen molar-refractivity contribution in [3.05, 3.63) is 0 Å². The molecule has 0 bridgehead atoms. The van der Waals surface area contributed by atoms with E-state index in [9.17, 15) is 0 Å².